The van der Waals surface area contributed by atoms with Gasteiger partial charge in [0.1, 0.15) is 0 Å². The maximum Gasteiger partial charge on any atom is 0.305 e. The normalized spacial score (nSPS) is 32.6. The maximum absolute atomic E-state index is 11.0. The minimum atomic E-state index is -0.666. The van der Waals surface area contributed by atoms with Gasteiger partial charge in [-0.2, -0.15) is 0 Å². The van der Waals surface area contributed by atoms with Crippen LogP contribution in [0.3, 0.4) is 0 Å². The van der Waals surface area contributed by atoms with Gasteiger partial charge in [0.15, 0.2) is 0 Å². The molecule has 5 heteroatoms. The van der Waals surface area contributed by atoms with Gasteiger partial charge < -0.3 is 10.4 Å². The molecule has 5 nitrogen and oxygen atoms in total. The summed E-state index contributed by atoms with van der Waals surface area (Å²) < 4.78 is 0. The van der Waals surface area contributed by atoms with E-state index in [9.17, 15) is 4.79 Å². The number of carbonyl (C=O) groups is 1. The van der Waals surface area contributed by atoms with Crippen LogP contribution in [-0.2, 0) is 4.79 Å². The van der Waals surface area contributed by atoms with Crippen molar-refractivity contribution in [2.24, 2.45) is 0 Å². The molecule has 3 saturated heterocycles. The molecule has 0 spiro atoms. The average molecular weight is 253 g/mol. The Labute approximate surface area is 108 Å². The van der Waals surface area contributed by atoms with Gasteiger partial charge in [0, 0.05) is 32.2 Å². The first kappa shape index (κ1) is 12.4. The molecular weight excluding hydrogens is 230 g/mol. The molecule has 0 aliphatic carbocycles. The second-order valence-corrected chi connectivity index (χ2v) is 6.03. The smallest absolute Gasteiger partial charge is 0.305 e. The Morgan fingerprint density at radius 1 is 1.28 bits per heavy atom. The highest BCUT2D eigenvalue weighted by Gasteiger charge is 2.47. The zero-order valence-electron chi connectivity index (χ0n) is 10.9. The lowest BCUT2D eigenvalue weighted by Gasteiger charge is -2.48. The quantitative estimate of drug-likeness (QED) is 0.737. The molecule has 0 amide bonds. The largest absolute Gasteiger partial charge is 0.481 e. The van der Waals surface area contributed by atoms with Crippen LogP contribution >= 0.6 is 0 Å². The SMILES string of the molecule is O=C(O)CC1(N2CCC(N3CCCC3)C2)CNC1. The molecule has 102 valence electrons. The highest BCUT2D eigenvalue weighted by molar-refractivity contribution is 5.69. The van der Waals surface area contributed by atoms with Crippen molar-refractivity contribution in [1.29, 1.82) is 0 Å². The highest BCUT2D eigenvalue weighted by Crippen LogP contribution is 2.31. The molecule has 2 N–H and O–H groups in total. The molecule has 18 heavy (non-hydrogen) atoms. The Bertz CT molecular complexity index is 324. The van der Waals surface area contributed by atoms with Crippen molar-refractivity contribution in [2.45, 2.75) is 37.3 Å². The average Bonchev–Trinajstić information content (AvgIpc) is 2.92. The third kappa shape index (κ3) is 2.15. The Kier molecular flexibility index (Phi) is 3.30. The molecule has 3 aliphatic heterocycles. The van der Waals surface area contributed by atoms with Crippen LogP contribution in [0.4, 0.5) is 0 Å². The molecule has 0 saturated carbocycles. The van der Waals surface area contributed by atoms with Gasteiger partial charge in [-0.15, -0.1) is 0 Å². The Morgan fingerprint density at radius 3 is 2.56 bits per heavy atom. The number of rotatable bonds is 4. The van der Waals surface area contributed by atoms with E-state index in [1.807, 2.05) is 0 Å². The molecular formula is C13H23N3O2. The molecule has 0 radical (unpaired) electrons. The number of nitrogens with zero attached hydrogens (tertiary/aromatic N) is 2. The molecule has 3 fully saturated rings. The second kappa shape index (κ2) is 4.79. The minimum absolute atomic E-state index is 0.0969. The van der Waals surface area contributed by atoms with E-state index in [4.69, 9.17) is 5.11 Å². The van der Waals surface area contributed by atoms with Crippen molar-refractivity contribution in [3.05, 3.63) is 0 Å². The van der Waals surface area contributed by atoms with Crippen molar-refractivity contribution < 1.29 is 9.90 Å². The minimum Gasteiger partial charge on any atom is -0.481 e. The molecule has 0 aromatic rings. The third-order valence-corrected chi connectivity index (χ3v) is 4.88. The van der Waals surface area contributed by atoms with E-state index < -0.39 is 5.97 Å². The fourth-order valence-corrected chi connectivity index (χ4v) is 3.73. The van der Waals surface area contributed by atoms with E-state index in [-0.39, 0.29) is 12.0 Å². The molecule has 3 rings (SSSR count). The summed E-state index contributed by atoms with van der Waals surface area (Å²) in [6.07, 6.45) is 4.16. The fourth-order valence-electron chi connectivity index (χ4n) is 3.73. The van der Waals surface area contributed by atoms with Gasteiger partial charge in [0.05, 0.1) is 12.0 Å². The third-order valence-electron chi connectivity index (χ3n) is 4.88. The van der Waals surface area contributed by atoms with E-state index in [0.29, 0.717) is 6.04 Å². The molecule has 0 aromatic carbocycles. The Hall–Kier alpha value is -0.650. The van der Waals surface area contributed by atoms with Gasteiger partial charge in [0.2, 0.25) is 0 Å². The van der Waals surface area contributed by atoms with Crippen LogP contribution in [0.2, 0.25) is 0 Å². The van der Waals surface area contributed by atoms with Crippen LogP contribution in [0.1, 0.15) is 25.7 Å². The Morgan fingerprint density at radius 2 is 2.00 bits per heavy atom. The van der Waals surface area contributed by atoms with Gasteiger partial charge in [-0.3, -0.25) is 14.6 Å². The summed E-state index contributed by atoms with van der Waals surface area (Å²) in [5.74, 6) is -0.666. The summed E-state index contributed by atoms with van der Waals surface area (Å²) in [7, 11) is 0. The van der Waals surface area contributed by atoms with E-state index in [0.717, 1.165) is 26.2 Å². The predicted octanol–water partition coefficient (Wildman–Crippen LogP) is -0.0268. The lowest BCUT2D eigenvalue weighted by Crippen LogP contribution is -2.69. The van der Waals surface area contributed by atoms with Crippen molar-refractivity contribution in [2.75, 3.05) is 39.3 Å². The lowest BCUT2D eigenvalue weighted by molar-refractivity contribution is -0.141. The number of hydrogen-bond donors (Lipinski definition) is 2. The van der Waals surface area contributed by atoms with Gasteiger partial charge in [-0.25, -0.2) is 0 Å². The topological polar surface area (TPSA) is 55.8 Å². The zero-order chi connectivity index (χ0) is 12.6. The van der Waals surface area contributed by atoms with Crippen LogP contribution < -0.4 is 5.32 Å². The van der Waals surface area contributed by atoms with Crippen LogP contribution in [0, 0.1) is 0 Å². The molecule has 1 atom stereocenters. The van der Waals surface area contributed by atoms with Gasteiger partial charge in [-0.1, -0.05) is 0 Å². The first-order valence-corrected chi connectivity index (χ1v) is 7.11. The summed E-state index contributed by atoms with van der Waals surface area (Å²) in [4.78, 5) is 16.1. The molecule has 3 aliphatic rings. The molecule has 0 aromatic heterocycles. The first-order chi connectivity index (χ1) is 8.70. The lowest BCUT2D eigenvalue weighted by atomic mass is 9.86. The number of nitrogens with one attached hydrogen (secondary N) is 1. The Balaban J connectivity index is 1.61. The van der Waals surface area contributed by atoms with Crippen molar-refractivity contribution in [3.63, 3.8) is 0 Å². The fraction of sp³-hybridized carbons (Fsp3) is 0.923. The zero-order valence-corrected chi connectivity index (χ0v) is 10.9. The van der Waals surface area contributed by atoms with Crippen molar-refractivity contribution >= 4 is 5.97 Å². The number of carboxylic acid groups (broad SMARTS) is 1. The first-order valence-electron chi connectivity index (χ1n) is 7.11. The summed E-state index contributed by atoms with van der Waals surface area (Å²) in [6.45, 7) is 6.29. The van der Waals surface area contributed by atoms with Gasteiger partial charge in [-0.05, 0) is 32.4 Å². The number of aliphatic carboxylic acids is 1. The maximum atomic E-state index is 11.0. The van der Waals surface area contributed by atoms with E-state index in [1.165, 1.54) is 32.4 Å². The monoisotopic (exact) mass is 253 g/mol. The van der Waals surface area contributed by atoms with Crippen molar-refractivity contribution in [1.82, 2.24) is 15.1 Å². The molecule has 1 unspecified atom stereocenters. The van der Waals surface area contributed by atoms with Gasteiger partial charge in [0.25, 0.3) is 0 Å². The summed E-state index contributed by atoms with van der Waals surface area (Å²) in [6, 6.07) is 0.666. The molecule has 3 heterocycles. The van der Waals surface area contributed by atoms with Crippen LogP contribution in [0.15, 0.2) is 0 Å². The van der Waals surface area contributed by atoms with Crippen LogP contribution in [-0.4, -0.2) is 71.7 Å². The summed E-state index contributed by atoms with van der Waals surface area (Å²) in [5.41, 5.74) is -0.0969. The van der Waals surface area contributed by atoms with E-state index in [2.05, 4.69) is 15.1 Å². The number of likely N-dealkylation sites (tertiary alicyclic amines) is 2. The van der Waals surface area contributed by atoms with E-state index >= 15 is 0 Å². The number of hydrogen-bond acceptors (Lipinski definition) is 4. The van der Waals surface area contributed by atoms with Crippen LogP contribution in [0.5, 0.6) is 0 Å². The van der Waals surface area contributed by atoms with Crippen molar-refractivity contribution in [3.8, 4) is 0 Å². The van der Waals surface area contributed by atoms with Crippen LogP contribution in [0.25, 0.3) is 0 Å². The van der Waals surface area contributed by atoms with E-state index in [1.54, 1.807) is 0 Å². The predicted molar refractivity (Wildman–Crippen MR) is 68.6 cm³/mol. The highest BCUT2D eigenvalue weighted by atomic mass is 16.4. The summed E-state index contributed by atoms with van der Waals surface area (Å²) in [5, 5.41) is 12.3. The summed E-state index contributed by atoms with van der Waals surface area (Å²) >= 11 is 0. The number of carboxylic acids is 1. The second-order valence-electron chi connectivity index (χ2n) is 6.03. The standard InChI is InChI=1S/C13H23N3O2/c17-12(18)7-13(9-14-10-13)16-6-3-11(8-16)15-4-1-2-5-15/h11,14H,1-10H2,(H,17,18). The van der Waals surface area contributed by atoms with Gasteiger partial charge >= 0.3 is 5.97 Å². The molecule has 0 bridgehead atoms.